The molecule has 0 aliphatic carbocycles. The molecular weight excluding hydrogens is 446 g/mol. The van der Waals surface area contributed by atoms with E-state index in [1.165, 1.54) is 17.8 Å². The number of benzene rings is 1. The van der Waals surface area contributed by atoms with E-state index >= 15 is 0 Å². The first-order chi connectivity index (χ1) is 15.4. The van der Waals surface area contributed by atoms with Crippen molar-refractivity contribution in [1.82, 2.24) is 10.2 Å². The lowest BCUT2D eigenvalue weighted by Gasteiger charge is -2.29. The van der Waals surface area contributed by atoms with Crippen LogP contribution in [0.25, 0.3) is 0 Å². The van der Waals surface area contributed by atoms with Crippen LogP contribution in [0.2, 0.25) is 4.34 Å². The van der Waals surface area contributed by atoms with Gasteiger partial charge in [0.15, 0.2) is 0 Å². The van der Waals surface area contributed by atoms with E-state index in [1.54, 1.807) is 12.1 Å². The lowest BCUT2D eigenvalue weighted by atomic mass is 9.99. The SMILES string of the molecule is CN(C)c1cc(C(=N)N2CCCCC2)ccc1C1=NOC(CNC(=O)c2ccc(Cl)s2)C1. The third-order valence-electron chi connectivity index (χ3n) is 5.76. The van der Waals surface area contributed by atoms with Crippen LogP contribution in [-0.2, 0) is 4.84 Å². The maximum absolute atomic E-state index is 12.3. The smallest absolute Gasteiger partial charge is 0.261 e. The predicted octanol–water partition coefficient (Wildman–Crippen LogP) is 4.20. The second kappa shape index (κ2) is 9.92. The van der Waals surface area contributed by atoms with Crippen LogP contribution in [-0.4, -0.2) is 62.2 Å². The van der Waals surface area contributed by atoms with E-state index in [2.05, 4.69) is 21.4 Å². The van der Waals surface area contributed by atoms with Crippen LogP contribution < -0.4 is 10.2 Å². The summed E-state index contributed by atoms with van der Waals surface area (Å²) in [7, 11) is 3.99. The number of nitrogens with one attached hydrogen (secondary N) is 2. The van der Waals surface area contributed by atoms with Crippen LogP contribution in [0.4, 0.5) is 5.69 Å². The summed E-state index contributed by atoms with van der Waals surface area (Å²) in [6.45, 7) is 2.27. The molecule has 1 atom stereocenters. The Morgan fingerprint density at radius 3 is 2.75 bits per heavy atom. The summed E-state index contributed by atoms with van der Waals surface area (Å²) in [5.74, 6) is 0.423. The summed E-state index contributed by atoms with van der Waals surface area (Å²) in [5.41, 5.74) is 3.76. The third-order valence-corrected chi connectivity index (χ3v) is 6.99. The summed E-state index contributed by atoms with van der Waals surface area (Å²) < 4.78 is 0.589. The molecule has 2 N–H and O–H groups in total. The average molecular weight is 474 g/mol. The van der Waals surface area contributed by atoms with Crippen LogP contribution in [0.3, 0.4) is 0 Å². The first kappa shape index (κ1) is 22.6. The molecule has 1 amide bonds. The molecule has 170 valence electrons. The minimum Gasteiger partial charge on any atom is -0.390 e. The molecule has 1 unspecified atom stereocenters. The Bertz CT molecular complexity index is 1030. The number of likely N-dealkylation sites (tertiary alicyclic amines) is 1. The van der Waals surface area contributed by atoms with E-state index in [4.69, 9.17) is 21.8 Å². The Kier molecular flexibility index (Phi) is 7.01. The second-order valence-electron chi connectivity index (χ2n) is 8.31. The number of thiophene rings is 1. The van der Waals surface area contributed by atoms with Crippen molar-refractivity contribution in [2.75, 3.05) is 38.6 Å². The molecule has 1 fully saturated rings. The minimum atomic E-state index is -0.217. The van der Waals surface area contributed by atoms with Crippen LogP contribution in [0.15, 0.2) is 35.5 Å². The van der Waals surface area contributed by atoms with E-state index in [9.17, 15) is 4.79 Å². The van der Waals surface area contributed by atoms with Gasteiger partial charge in [0.25, 0.3) is 5.91 Å². The number of rotatable bonds is 6. The summed E-state index contributed by atoms with van der Waals surface area (Å²) >= 11 is 7.16. The zero-order valence-corrected chi connectivity index (χ0v) is 19.9. The van der Waals surface area contributed by atoms with Gasteiger partial charge in [0.2, 0.25) is 0 Å². The van der Waals surface area contributed by atoms with E-state index in [0.717, 1.165) is 48.5 Å². The normalized spacial score (nSPS) is 18.2. The zero-order valence-electron chi connectivity index (χ0n) is 18.4. The van der Waals surface area contributed by atoms with Gasteiger partial charge in [0.05, 0.1) is 21.5 Å². The first-order valence-corrected chi connectivity index (χ1v) is 12.0. The maximum atomic E-state index is 12.3. The predicted molar refractivity (Wildman–Crippen MR) is 131 cm³/mol. The minimum absolute atomic E-state index is 0.159. The number of nitrogens with zero attached hydrogens (tertiary/aromatic N) is 3. The molecule has 2 aliphatic rings. The van der Waals surface area contributed by atoms with Gasteiger partial charge in [-0.05, 0) is 37.5 Å². The van der Waals surface area contributed by atoms with Gasteiger partial charge in [0.1, 0.15) is 11.9 Å². The van der Waals surface area contributed by atoms with E-state index < -0.39 is 0 Å². The molecule has 0 bridgehead atoms. The monoisotopic (exact) mass is 473 g/mol. The number of piperidine rings is 1. The fourth-order valence-corrected chi connectivity index (χ4v) is 4.98. The number of halogens is 1. The molecular formula is C23H28ClN5O2S. The van der Waals surface area contributed by atoms with Crippen LogP contribution in [0, 0.1) is 5.41 Å². The van der Waals surface area contributed by atoms with Gasteiger partial charge in [-0.15, -0.1) is 11.3 Å². The molecule has 7 nitrogen and oxygen atoms in total. The highest BCUT2D eigenvalue weighted by Crippen LogP contribution is 2.27. The number of oxime groups is 1. The zero-order chi connectivity index (χ0) is 22.7. The topological polar surface area (TPSA) is 81.0 Å². The summed E-state index contributed by atoms with van der Waals surface area (Å²) in [4.78, 5) is 22.6. The van der Waals surface area contributed by atoms with Gasteiger partial charge in [-0.3, -0.25) is 10.2 Å². The van der Waals surface area contributed by atoms with Gasteiger partial charge in [-0.1, -0.05) is 28.9 Å². The molecule has 9 heteroatoms. The van der Waals surface area contributed by atoms with Gasteiger partial charge in [-0.25, -0.2) is 0 Å². The van der Waals surface area contributed by atoms with E-state index in [-0.39, 0.29) is 12.0 Å². The van der Waals surface area contributed by atoms with Crippen molar-refractivity contribution < 1.29 is 9.63 Å². The molecule has 0 saturated carbocycles. The standard InChI is InChI=1S/C23H28ClN5O2S/c1-28(2)19-12-15(22(25)29-10-4-3-5-11-29)6-7-17(19)18-13-16(31-27-18)14-26-23(30)20-8-9-21(24)32-20/h6-9,12,16,25H,3-5,10-11,13-14H2,1-2H3,(H,26,30). The summed E-state index contributed by atoms with van der Waals surface area (Å²) in [6.07, 6.45) is 3.92. The Morgan fingerprint density at radius 1 is 1.28 bits per heavy atom. The van der Waals surface area contributed by atoms with E-state index in [1.807, 2.05) is 31.1 Å². The maximum Gasteiger partial charge on any atom is 0.261 e. The number of amides is 1. The fourth-order valence-electron chi connectivity index (χ4n) is 4.02. The van der Waals surface area contributed by atoms with Crippen LogP contribution >= 0.6 is 22.9 Å². The largest absolute Gasteiger partial charge is 0.390 e. The molecule has 1 aromatic carbocycles. The molecule has 2 aromatic rings. The Balaban J connectivity index is 1.41. The number of carbonyl (C=O) groups excluding carboxylic acids is 1. The van der Waals surface area contributed by atoms with Crippen LogP contribution in [0.5, 0.6) is 0 Å². The van der Waals surface area contributed by atoms with Gasteiger partial charge >= 0.3 is 0 Å². The summed E-state index contributed by atoms with van der Waals surface area (Å²) in [6, 6.07) is 9.51. The second-order valence-corrected chi connectivity index (χ2v) is 10.0. The van der Waals surface area contributed by atoms with Gasteiger partial charge < -0.3 is 20.0 Å². The van der Waals surface area contributed by atoms with Crippen molar-refractivity contribution in [3.63, 3.8) is 0 Å². The molecule has 0 radical (unpaired) electrons. The number of carbonyl (C=O) groups is 1. The Labute approximate surface area is 197 Å². The highest BCUT2D eigenvalue weighted by atomic mass is 35.5. The molecule has 1 aromatic heterocycles. The molecule has 2 aliphatic heterocycles. The molecule has 0 spiro atoms. The van der Waals surface area contributed by atoms with Crippen molar-refractivity contribution in [3.05, 3.63) is 50.7 Å². The Hall–Kier alpha value is -2.58. The molecule has 32 heavy (non-hydrogen) atoms. The molecule has 1 saturated heterocycles. The van der Waals surface area contributed by atoms with Crippen molar-refractivity contribution >= 4 is 46.1 Å². The van der Waals surface area contributed by atoms with Crippen molar-refractivity contribution in [3.8, 4) is 0 Å². The average Bonchev–Trinajstić information content (AvgIpc) is 3.46. The molecule has 3 heterocycles. The molecule has 4 rings (SSSR count). The van der Waals surface area contributed by atoms with Crippen LogP contribution in [0.1, 0.15) is 46.5 Å². The van der Waals surface area contributed by atoms with Gasteiger partial charge in [0, 0.05) is 50.4 Å². The number of amidine groups is 1. The van der Waals surface area contributed by atoms with Crippen molar-refractivity contribution in [2.45, 2.75) is 31.8 Å². The lowest BCUT2D eigenvalue weighted by Crippen LogP contribution is -2.35. The van der Waals surface area contributed by atoms with E-state index in [0.29, 0.717) is 28.0 Å². The number of anilines is 1. The van der Waals surface area contributed by atoms with Crippen molar-refractivity contribution in [1.29, 1.82) is 5.41 Å². The Morgan fingerprint density at radius 2 is 2.06 bits per heavy atom. The van der Waals surface area contributed by atoms with Crippen molar-refractivity contribution in [2.24, 2.45) is 5.16 Å². The fraction of sp³-hybridized carbons (Fsp3) is 0.435. The quantitative estimate of drug-likeness (QED) is 0.486. The number of hydrogen-bond acceptors (Lipinski definition) is 6. The highest BCUT2D eigenvalue weighted by molar-refractivity contribution is 7.18. The first-order valence-electron chi connectivity index (χ1n) is 10.8. The van der Waals surface area contributed by atoms with Gasteiger partial charge in [-0.2, -0.15) is 0 Å². The third kappa shape index (κ3) is 5.07. The number of hydrogen-bond donors (Lipinski definition) is 2. The summed E-state index contributed by atoms with van der Waals surface area (Å²) in [5, 5.41) is 15.8. The lowest BCUT2D eigenvalue weighted by molar-refractivity contribution is 0.0755. The highest BCUT2D eigenvalue weighted by Gasteiger charge is 2.26.